The quantitative estimate of drug-likeness (QED) is 0.787. The average molecular weight is 225 g/mol. The fraction of sp³-hybridized carbons (Fsp3) is 0.364. The molecule has 0 aliphatic carbocycles. The fourth-order valence-electron chi connectivity index (χ4n) is 1.72. The van der Waals surface area contributed by atoms with Crippen LogP contribution in [0.25, 0.3) is 0 Å². The van der Waals surface area contributed by atoms with Crippen LogP contribution in [0.4, 0.5) is 5.69 Å². The second-order valence-electron chi connectivity index (χ2n) is 3.65. The highest BCUT2D eigenvalue weighted by molar-refractivity contribution is 6.30. The summed E-state index contributed by atoms with van der Waals surface area (Å²) in [6.45, 7) is 3.39. The molecule has 1 heterocycles. The summed E-state index contributed by atoms with van der Waals surface area (Å²) in [6, 6.07) is 7.27. The lowest BCUT2D eigenvalue weighted by atomic mass is 10.2. The predicted molar refractivity (Wildman–Crippen MR) is 61.3 cm³/mol. The maximum Gasteiger partial charge on any atom is 0.243 e. The van der Waals surface area contributed by atoms with Gasteiger partial charge in [0.2, 0.25) is 5.91 Å². The lowest BCUT2D eigenvalue weighted by Gasteiger charge is -2.31. The van der Waals surface area contributed by atoms with Crippen molar-refractivity contribution in [3.05, 3.63) is 29.3 Å². The third kappa shape index (κ3) is 2.13. The number of amides is 1. The molecule has 15 heavy (non-hydrogen) atoms. The number of hydrogen-bond donors (Lipinski definition) is 1. The van der Waals surface area contributed by atoms with Gasteiger partial charge in [-0.3, -0.25) is 4.79 Å². The van der Waals surface area contributed by atoms with Gasteiger partial charge in [-0.15, -0.1) is 0 Å². The highest BCUT2D eigenvalue weighted by atomic mass is 35.5. The molecule has 0 radical (unpaired) electrons. The number of benzene rings is 1. The normalized spacial score (nSPS) is 21.9. The molecule has 0 bridgehead atoms. The van der Waals surface area contributed by atoms with E-state index in [-0.39, 0.29) is 11.9 Å². The molecule has 4 heteroatoms. The maximum atomic E-state index is 11.9. The van der Waals surface area contributed by atoms with E-state index in [1.807, 2.05) is 25.1 Å². The van der Waals surface area contributed by atoms with Gasteiger partial charge in [-0.05, 0) is 25.1 Å². The number of rotatable bonds is 1. The van der Waals surface area contributed by atoms with Crippen molar-refractivity contribution in [2.75, 3.05) is 18.0 Å². The van der Waals surface area contributed by atoms with Gasteiger partial charge in [0.25, 0.3) is 0 Å². The summed E-state index contributed by atoms with van der Waals surface area (Å²) in [7, 11) is 0. The van der Waals surface area contributed by atoms with Crippen LogP contribution in [-0.4, -0.2) is 25.0 Å². The lowest BCUT2D eigenvalue weighted by Crippen LogP contribution is -2.53. The average Bonchev–Trinajstić information content (AvgIpc) is 2.22. The Morgan fingerprint density at radius 1 is 1.53 bits per heavy atom. The number of anilines is 1. The van der Waals surface area contributed by atoms with E-state index in [1.54, 1.807) is 11.0 Å². The van der Waals surface area contributed by atoms with Gasteiger partial charge in [0, 0.05) is 23.8 Å². The first kappa shape index (κ1) is 10.5. The lowest BCUT2D eigenvalue weighted by molar-refractivity contribution is -0.121. The summed E-state index contributed by atoms with van der Waals surface area (Å²) < 4.78 is 0. The van der Waals surface area contributed by atoms with Crippen molar-refractivity contribution in [2.24, 2.45) is 0 Å². The van der Waals surface area contributed by atoms with Crippen LogP contribution in [-0.2, 0) is 4.79 Å². The molecule has 0 unspecified atom stereocenters. The Kier molecular flexibility index (Phi) is 2.93. The summed E-state index contributed by atoms with van der Waals surface area (Å²) in [5.41, 5.74) is 0.876. The minimum atomic E-state index is -0.113. The zero-order valence-corrected chi connectivity index (χ0v) is 9.29. The van der Waals surface area contributed by atoms with Gasteiger partial charge in [0.15, 0.2) is 0 Å². The number of hydrogen-bond acceptors (Lipinski definition) is 2. The molecule has 0 aromatic heterocycles. The van der Waals surface area contributed by atoms with Crippen LogP contribution in [0.3, 0.4) is 0 Å². The highest BCUT2D eigenvalue weighted by Gasteiger charge is 2.25. The van der Waals surface area contributed by atoms with Gasteiger partial charge >= 0.3 is 0 Å². The molecule has 2 rings (SSSR count). The number of carbonyl (C=O) groups is 1. The second kappa shape index (κ2) is 4.21. The largest absolute Gasteiger partial charge is 0.310 e. The van der Waals surface area contributed by atoms with E-state index in [1.165, 1.54) is 0 Å². The number of halogens is 1. The highest BCUT2D eigenvalue weighted by Crippen LogP contribution is 2.21. The summed E-state index contributed by atoms with van der Waals surface area (Å²) >= 11 is 5.89. The predicted octanol–water partition coefficient (Wildman–Crippen LogP) is 1.66. The van der Waals surface area contributed by atoms with Crippen molar-refractivity contribution in [3.8, 4) is 0 Å². The van der Waals surface area contributed by atoms with Crippen molar-refractivity contribution in [1.29, 1.82) is 0 Å². The smallest absolute Gasteiger partial charge is 0.243 e. The molecule has 1 aliphatic heterocycles. The first-order valence-electron chi connectivity index (χ1n) is 4.99. The van der Waals surface area contributed by atoms with Gasteiger partial charge in [-0.1, -0.05) is 17.7 Å². The molecule has 80 valence electrons. The van der Waals surface area contributed by atoms with E-state index in [0.29, 0.717) is 11.6 Å². The number of carbonyl (C=O) groups excluding carboxylic acids is 1. The summed E-state index contributed by atoms with van der Waals surface area (Å²) in [5.74, 6) is 0.100. The SMILES string of the molecule is C[C@H]1NCCN(c2cccc(Cl)c2)C1=O. The summed E-state index contributed by atoms with van der Waals surface area (Å²) in [6.07, 6.45) is 0. The van der Waals surface area contributed by atoms with Crippen LogP contribution in [0.5, 0.6) is 0 Å². The van der Waals surface area contributed by atoms with E-state index in [4.69, 9.17) is 11.6 Å². The van der Waals surface area contributed by atoms with E-state index in [2.05, 4.69) is 5.32 Å². The summed E-state index contributed by atoms with van der Waals surface area (Å²) in [4.78, 5) is 13.6. The Balaban J connectivity index is 2.26. The van der Waals surface area contributed by atoms with Crippen LogP contribution in [0, 0.1) is 0 Å². The van der Waals surface area contributed by atoms with Crippen molar-refractivity contribution in [3.63, 3.8) is 0 Å². The van der Waals surface area contributed by atoms with Crippen LogP contribution in [0.2, 0.25) is 5.02 Å². The standard InChI is InChI=1S/C11H13ClN2O/c1-8-11(15)14(6-5-13-8)10-4-2-3-9(12)7-10/h2-4,7-8,13H,5-6H2,1H3/t8-/m1/s1. The molecule has 1 saturated heterocycles. The molecule has 0 saturated carbocycles. The Morgan fingerprint density at radius 2 is 2.33 bits per heavy atom. The van der Waals surface area contributed by atoms with Gasteiger partial charge in [-0.2, -0.15) is 0 Å². The second-order valence-corrected chi connectivity index (χ2v) is 4.08. The summed E-state index contributed by atoms with van der Waals surface area (Å²) in [5, 5.41) is 3.78. The third-order valence-electron chi connectivity index (χ3n) is 2.54. The first-order valence-corrected chi connectivity index (χ1v) is 5.36. The Morgan fingerprint density at radius 3 is 3.07 bits per heavy atom. The molecule has 1 aromatic rings. The van der Waals surface area contributed by atoms with Crippen LogP contribution in [0.15, 0.2) is 24.3 Å². The van der Waals surface area contributed by atoms with E-state index < -0.39 is 0 Å². The van der Waals surface area contributed by atoms with E-state index in [0.717, 1.165) is 12.2 Å². The maximum absolute atomic E-state index is 11.9. The molecule has 1 amide bonds. The van der Waals surface area contributed by atoms with Crippen LogP contribution < -0.4 is 10.2 Å². The molecule has 1 fully saturated rings. The Bertz CT molecular complexity index is 381. The fourth-order valence-corrected chi connectivity index (χ4v) is 1.91. The number of nitrogens with one attached hydrogen (secondary N) is 1. The first-order chi connectivity index (χ1) is 7.18. The molecule has 0 spiro atoms. The van der Waals surface area contributed by atoms with Crippen molar-refractivity contribution in [1.82, 2.24) is 5.32 Å². The molecular formula is C11H13ClN2O. The van der Waals surface area contributed by atoms with Gasteiger partial charge < -0.3 is 10.2 Å². The zero-order valence-electron chi connectivity index (χ0n) is 8.53. The van der Waals surface area contributed by atoms with Gasteiger partial charge in [0.05, 0.1) is 6.04 Å². The Hall–Kier alpha value is -1.06. The molecule has 3 nitrogen and oxygen atoms in total. The van der Waals surface area contributed by atoms with Crippen LogP contribution in [0.1, 0.15) is 6.92 Å². The molecule has 1 atom stereocenters. The van der Waals surface area contributed by atoms with Gasteiger partial charge in [0.1, 0.15) is 0 Å². The Labute approximate surface area is 94.0 Å². The monoisotopic (exact) mass is 224 g/mol. The molecule has 1 aliphatic rings. The minimum absolute atomic E-state index is 0.100. The third-order valence-corrected chi connectivity index (χ3v) is 2.78. The topological polar surface area (TPSA) is 32.3 Å². The molecule has 1 N–H and O–H groups in total. The molecular weight excluding hydrogens is 212 g/mol. The van der Waals surface area contributed by atoms with Crippen molar-refractivity contribution in [2.45, 2.75) is 13.0 Å². The molecule has 1 aromatic carbocycles. The number of nitrogens with zero attached hydrogens (tertiary/aromatic N) is 1. The van der Waals surface area contributed by atoms with E-state index in [9.17, 15) is 4.79 Å². The number of piperazine rings is 1. The van der Waals surface area contributed by atoms with Crippen molar-refractivity contribution >= 4 is 23.2 Å². The van der Waals surface area contributed by atoms with Crippen LogP contribution >= 0.6 is 11.6 Å². The van der Waals surface area contributed by atoms with E-state index >= 15 is 0 Å². The minimum Gasteiger partial charge on any atom is -0.310 e. The van der Waals surface area contributed by atoms with Gasteiger partial charge in [-0.25, -0.2) is 0 Å². The zero-order chi connectivity index (χ0) is 10.8. The van der Waals surface area contributed by atoms with Crippen molar-refractivity contribution < 1.29 is 4.79 Å².